The van der Waals surface area contributed by atoms with Crippen LogP contribution in [-0.4, -0.2) is 22.6 Å². The molecular weight excluding hydrogens is 355 g/mol. The molecule has 5 nitrogen and oxygen atoms in total. The summed E-state index contributed by atoms with van der Waals surface area (Å²) in [6.07, 6.45) is 0.194. The first-order chi connectivity index (χ1) is 13.3. The molecule has 0 bridgehead atoms. The summed E-state index contributed by atoms with van der Waals surface area (Å²) in [5, 5.41) is 11.8. The molecule has 28 heavy (non-hydrogen) atoms. The van der Waals surface area contributed by atoms with Crippen LogP contribution in [-0.2, 0) is 16.6 Å². The van der Waals surface area contributed by atoms with Gasteiger partial charge in [0.1, 0.15) is 11.6 Å². The van der Waals surface area contributed by atoms with Crippen molar-refractivity contribution < 1.29 is 9.18 Å². The molecule has 1 amide bonds. The van der Waals surface area contributed by atoms with Crippen LogP contribution in [0.3, 0.4) is 0 Å². The van der Waals surface area contributed by atoms with Crippen molar-refractivity contribution in [3.05, 3.63) is 77.6 Å². The lowest BCUT2D eigenvalue weighted by molar-refractivity contribution is -0.117. The van der Waals surface area contributed by atoms with Gasteiger partial charge in [-0.25, -0.2) is 4.39 Å². The number of halogens is 1. The van der Waals surface area contributed by atoms with E-state index in [2.05, 4.69) is 29.4 Å². The number of carbonyl (C=O) groups excluding carboxylic acids is 1. The van der Waals surface area contributed by atoms with Gasteiger partial charge in [0.2, 0.25) is 5.91 Å². The normalized spacial score (nSPS) is 11.2. The van der Waals surface area contributed by atoms with Gasteiger partial charge >= 0.3 is 0 Å². The monoisotopic (exact) mass is 378 g/mol. The number of nitrogens with two attached hydrogens (primary N) is 1. The molecular formula is C22H23FN4O. The third kappa shape index (κ3) is 4.91. The van der Waals surface area contributed by atoms with E-state index in [1.165, 1.54) is 12.1 Å². The Morgan fingerprint density at radius 3 is 2.46 bits per heavy atom. The van der Waals surface area contributed by atoms with E-state index in [-0.39, 0.29) is 23.6 Å². The minimum absolute atomic E-state index is 0.194. The fraction of sp³-hybridized carbons (Fsp3) is 0.227. The van der Waals surface area contributed by atoms with Crippen LogP contribution in [0.25, 0.3) is 11.3 Å². The van der Waals surface area contributed by atoms with Crippen LogP contribution in [0.4, 0.5) is 10.2 Å². The number of aromatic nitrogens is 2. The first kappa shape index (κ1) is 19.5. The van der Waals surface area contributed by atoms with Crippen LogP contribution < -0.4 is 11.1 Å². The average molecular weight is 378 g/mol. The highest BCUT2D eigenvalue weighted by Gasteiger charge is 2.20. The van der Waals surface area contributed by atoms with Crippen LogP contribution >= 0.6 is 0 Å². The van der Waals surface area contributed by atoms with E-state index in [0.717, 1.165) is 22.4 Å². The van der Waals surface area contributed by atoms with Gasteiger partial charge in [-0.3, -0.25) is 4.79 Å². The Morgan fingerprint density at radius 1 is 1.07 bits per heavy atom. The molecule has 0 unspecified atom stereocenters. The number of carbonyl (C=O) groups is 1. The first-order valence-corrected chi connectivity index (χ1v) is 9.05. The van der Waals surface area contributed by atoms with Gasteiger partial charge in [-0.1, -0.05) is 44.2 Å². The maximum Gasteiger partial charge on any atom is 0.221 e. The number of hydrogen-bond acceptors (Lipinski definition) is 4. The van der Waals surface area contributed by atoms with Crippen molar-refractivity contribution in [3.8, 4) is 11.3 Å². The van der Waals surface area contributed by atoms with Crippen LogP contribution in [0, 0.1) is 5.82 Å². The zero-order valence-corrected chi connectivity index (χ0v) is 15.9. The molecule has 3 N–H and O–H groups in total. The second-order valence-corrected chi connectivity index (χ2v) is 7.39. The predicted octanol–water partition coefficient (Wildman–Crippen LogP) is 3.70. The molecule has 2 aromatic carbocycles. The molecule has 0 aliphatic heterocycles. The second-order valence-electron chi connectivity index (χ2n) is 7.39. The summed E-state index contributed by atoms with van der Waals surface area (Å²) in [6, 6.07) is 17.8. The van der Waals surface area contributed by atoms with Gasteiger partial charge in [0.05, 0.1) is 12.1 Å². The Hall–Kier alpha value is -3.28. The predicted molar refractivity (Wildman–Crippen MR) is 108 cm³/mol. The van der Waals surface area contributed by atoms with Crippen LogP contribution in [0.15, 0.2) is 60.7 Å². The van der Waals surface area contributed by atoms with Crippen molar-refractivity contribution in [3.63, 3.8) is 0 Å². The van der Waals surface area contributed by atoms with Crippen molar-refractivity contribution in [2.24, 2.45) is 5.73 Å². The highest BCUT2D eigenvalue weighted by molar-refractivity contribution is 5.77. The molecule has 1 heterocycles. The number of nitrogens with one attached hydrogen (secondary N) is 1. The Labute approximate surface area is 163 Å². The van der Waals surface area contributed by atoms with Gasteiger partial charge in [0.15, 0.2) is 0 Å². The largest absolute Gasteiger partial charge is 0.369 e. The number of primary amides is 1. The maximum atomic E-state index is 13.1. The smallest absolute Gasteiger partial charge is 0.221 e. The van der Waals surface area contributed by atoms with E-state index >= 15 is 0 Å². The topological polar surface area (TPSA) is 80.9 Å². The van der Waals surface area contributed by atoms with Crippen molar-refractivity contribution in [1.29, 1.82) is 0 Å². The molecule has 1 aromatic heterocycles. The van der Waals surface area contributed by atoms with E-state index in [1.807, 2.05) is 36.4 Å². The van der Waals surface area contributed by atoms with Crippen LogP contribution in [0.2, 0.25) is 0 Å². The molecule has 3 aromatic rings. The second kappa shape index (κ2) is 8.17. The quantitative estimate of drug-likeness (QED) is 0.657. The number of benzene rings is 2. The molecule has 0 saturated heterocycles. The lowest BCUT2D eigenvalue weighted by Gasteiger charge is -2.25. The molecule has 144 valence electrons. The molecule has 0 spiro atoms. The van der Waals surface area contributed by atoms with Crippen molar-refractivity contribution in [1.82, 2.24) is 10.2 Å². The summed E-state index contributed by atoms with van der Waals surface area (Å²) in [5.41, 5.74) is 8.54. The summed E-state index contributed by atoms with van der Waals surface area (Å²) < 4.78 is 13.1. The summed E-state index contributed by atoms with van der Waals surface area (Å²) in [7, 11) is 0. The van der Waals surface area contributed by atoms with E-state index in [1.54, 1.807) is 12.1 Å². The highest BCUT2D eigenvalue weighted by Crippen LogP contribution is 2.24. The van der Waals surface area contributed by atoms with Crippen LogP contribution in [0.5, 0.6) is 0 Å². The van der Waals surface area contributed by atoms with E-state index < -0.39 is 0 Å². The van der Waals surface area contributed by atoms with Gasteiger partial charge in [0, 0.05) is 17.5 Å². The average Bonchev–Trinajstić information content (AvgIpc) is 2.67. The fourth-order valence-corrected chi connectivity index (χ4v) is 2.94. The van der Waals surface area contributed by atoms with E-state index in [0.29, 0.717) is 12.4 Å². The Bertz CT molecular complexity index is 953. The number of amides is 1. The summed E-state index contributed by atoms with van der Waals surface area (Å²) in [6.45, 7) is 4.79. The maximum absolute atomic E-state index is 13.1. The first-order valence-electron chi connectivity index (χ1n) is 9.05. The highest BCUT2D eigenvalue weighted by atomic mass is 19.1. The zero-order valence-electron chi connectivity index (χ0n) is 15.9. The Balaban J connectivity index is 1.68. The molecule has 0 aliphatic rings. The van der Waals surface area contributed by atoms with Crippen molar-refractivity contribution in [2.45, 2.75) is 25.7 Å². The summed E-state index contributed by atoms with van der Waals surface area (Å²) >= 11 is 0. The Morgan fingerprint density at radius 2 is 1.82 bits per heavy atom. The number of rotatable bonds is 7. The minimum atomic E-state index is -0.369. The van der Waals surface area contributed by atoms with E-state index in [4.69, 9.17) is 5.73 Å². The third-order valence-electron chi connectivity index (χ3n) is 4.60. The third-order valence-corrected chi connectivity index (χ3v) is 4.60. The van der Waals surface area contributed by atoms with Crippen LogP contribution in [0.1, 0.15) is 25.0 Å². The molecule has 0 fully saturated rings. The van der Waals surface area contributed by atoms with Crippen molar-refractivity contribution >= 4 is 11.7 Å². The van der Waals surface area contributed by atoms with Crippen molar-refractivity contribution in [2.75, 3.05) is 11.9 Å². The minimum Gasteiger partial charge on any atom is -0.369 e. The van der Waals surface area contributed by atoms with Gasteiger partial charge in [-0.05, 0) is 41.5 Å². The lowest BCUT2D eigenvalue weighted by atomic mass is 9.84. The number of nitrogens with zero attached hydrogens (tertiary/aromatic N) is 2. The Kier molecular flexibility index (Phi) is 5.68. The molecule has 3 rings (SSSR count). The molecule has 0 saturated carbocycles. The lowest BCUT2D eigenvalue weighted by Crippen LogP contribution is -2.28. The number of hydrogen-bond donors (Lipinski definition) is 2. The van der Waals surface area contributed by atoms with Gasteiger partial charge in [0.25, 0.3) is 0 Å². The molecule has 0 aliphatic carbocycles. The fourth-order valence-electron chi connectivity index (χ4n) is 2.94. The zero-order chi connectivity index (χ0) is 20.1. The summed E-state index contributed by atoms with van der Waals surface area (Å²) in [5.74, 6) is 0.0487. The van der Waals surface area contributed by atoms with E-state index in [9.17, 15) is 9.18 Å². The molecule has 6 heteroatoms. The summed E-state index contributed by atoms with van der Waals surface area (Å²) in [4.78, 5) is 11.1. The van der Waals surface area contributed by atoms with Gasteiger partial charge < -0.3 is 11.1 Å². The van der Waals surface area contributed by atoms with Gasteiger partial charge in [-0.2, -0.15) is 0 Å². The SMILES string of the molecule is CC(C)(CNc1ccc(-c2cccc(CC(N)=O)c2)nn1)c1ccc(F)cc1. The molecule has 0 radical (unpaired) electrons. The molecule has 0 atom stereocenters. The number of anilines is 1. The van der Waals surface area contributed by atoms with Gasteiger partial charge in [-0.15, -0.1) is 10.2 Å². The standard InChI is InChI=1S/C22H23FN4O/c1-22(2,17-6-8-18(23)9-7-17)14-25-21-11-10-19(26-27-21)16-5-3-4-15(12-16)13-20(24)28/h3-12H,13-14H2,1-2H3,(H2,24,28)(H,25,27).